The molecule has 0 amide bonds. The number of nitrogens with two attached hydrogens (primary N) is 1. The van der Waals surface area contributed by atoms with Gasteiger partial charge in [0.2, 0.25) is 0 Å². The molecule has 20 heavy (non-hydrogen) atoms. The quantitative estimate of drug-likeness (QED) is 0.853. The molecule has 3 unspecified atom stereocenters. The van der Waals surface area contributed by atoms with Crippen molar-refractivity contribution in [3.63, 3.8) is 0 Å². The minimum Gasteiger partial charge on any atom is -0.398 e. The summed E-state index contributed by atoms with van der Waals surface area (Å²) in [6.45, 7) is 6.59. The number of rotatable bonds is 2. The minimum atomic E-state index is 0.370. The molecule has 1 aromatic heterocycles. The third kappa shape index (κ3) is 1.97. The number of anilines is 1. The van der Waals surface area contributed by atoms with Crippen molar-refractivity contribution in [1.29, 1.82) is 0 Å². The number of benzene rings is 1. The SMILES string of the molecule is Cc1cccc(-c2nnnn2C2CCC(C)C2C)c1N. The monoisotopic (exact) mass is 271 g/mol. The van der Waals surface area contributed by atoms with Crippen molar-refractivity contribution in [2.24, 2.45) is 11.8 Å². The first-order valence-corrected chi connectivity index (χ1v) is 7.23. The summed E-state index contributed by atoms with van der Waals surface area (Å²) in [6.07, 6.45) is 2.36. The number of tetrazole rings is 1. The van der Waals surface area contributed by atoms with Crippen LogP contribution in [0.3, 0.4) is 0 Å². The number of nitrogen functional groups attached to an aromatic ring is 1. The normalized spacial score (nSPS) is 26.1. The van der Waals surface area contributed by atoms with E-state index < -0.39 is 0 Å². The van der Waals surface area contributed by atoms with Gasteiger partial charge in [0, 0.05) is 11.3 Å². The lowest BCUT2D eigenvalue weighted by Crippen LogP contribution is -2.17. The number of aryl methyl sites for hydroxylation is 1. The van der Waals surface area contributed by atoms with Crippen LogP contribution < -0.4 is 5.73 Å². The summed E-state index contributed by atoms with van der Waals surface area (Å²) >= 11 is 0. The molecule has 0 spiro atoms. The molecule has 2 N–H and O–H groups in total. The molecule has 1 aliphatic carbocycles. The van der Waals surface area contributed by atoms with Crippen molar-refractivity contribution in [3.8, 4) is 11.4 Å². The first-order chi connectivity index (χ1) is 9.59. The fourth-order valence-corrected chi connectivity index (χ4v) is 3.15. The minimum absolute atomic E-state index is 0.370. The number of hydrogen-bond acceptors (Lipinski definition) is 4. The van der Waals surface area contributed by atoms with Gasteiger partial charge in [-0.3, -0.25) is 0 Å². The zero-order valence-electron chi connectivity index (χ0n) is 12.2. The van der Waals surface area contributed by atoms with E-state index in [1.807, 2.05) is 29.8 Å². The number of aromatic nitrogens is 4. The molecule has 5 heteroatoms. The molecule has 3 rings (SSSR count). The van der Waals surface area contributed by atoms with E-state index in [9.17, 15) is 0 Å². The summed E-state index contributed by atoms with van der Waals surface area (Å²) < 4.78 is 1.97. The van der Waals surface area contributed by atoms with Crippen LogP contribution in [0.4, 0.5) is 5.69 Å². The molecule has 0 saturated heterocycles. The predicted octanol–water partition coefficient (Wildman–Crippen LogP) is 2.84. The van der Waals surface area contributed by atoms with Crippen LogP contribution in [0.25, 0.3) is 11.4 Å². The summed E-state index contributed by atoms with van der Waals surface area (Å²) in [5.74, 6) is 2.09. The second-order valence-electron chi connectivity index (χ2n) is 5.96. The van der Waals surface area contributed by atoms with Crippen LogP contribution in [-0.4, -0.2) is 20.2 Å². The standard InChI is InChI=1S/C15H21N5/c1-9-7-8-13(11(9)3)20-15(17-18-19-20)12-6-4-5-10(2)14(12)16/h4-6,9,11,13H,7-8,16H2,1-3H3. The smallest absolute Gasteiger partial charge is 0.184 e. The Labute approximate surface area is 119 Å². The average Bonchev–Trinajstić information content (AvgIpc) is 3.01. The van der Waals surface area contributed by atoms with Gasteiger partial charge in [-0.25, -0.2) is 4.68 Å². The van der Waals surface area contributed by atoms with Crippen LogP contribution >= 0.6 is 0 Å². The zero-order valence-corrected chi connectivity index (χ0v) is 12.2. The largest absolute Gasteiger partial charge is 0.398 e. The topological polar surface area (TPSA) is 69.6 Å². The number of nitrogens with zero attached hydrogens (tertiary/aromatic N) is 4. The lowest BCUT2D eigenvalue weighted by atomic mass is 9.97. The maximum atomic E-state index is 6.19. The van der Waals surface area contributed by atoms with E-state index in [1.54, 1.807) is 0 Å². The Bertz CT molecular complexity index is 618. The maximum absolute atomic E-state index is 6.19. The highest BCUT2D eigenvalue weighted by Gasteiger charge is 2.33. The number of hydrogen-bond donors (Lipinski definition) is 1. The van der Waals surface area contributed by atoms with Crippen molar-refractivity contribution >= 4 is 5.69 Å². The Balaban J connectivity index is 2.05. The van der Waals surface area contributed by atoms with Gasteiger partial charge >= 0.3 is 0 Å². The second kappa shape index (κ2) is 4.89. The molecular weight excluding hydrogens is 250 g/mol. The highest BCUT2D eigenvalue weighted by Crippen LogP contribution is 2.41. The average molecular weight is 271 g/mol. The molecule has 1 aromatic carbocycles. The Hall–Kier alpha value is -1.91. The molecule has 5 nitrogen and oxygen atoms in total. The first-order valence-electron chi connectivity index (χ1n) is 7.23. The Morgan fingerprint density at radius 1 is 1.25 bits per heavy atom. The molecule has 1 fully saturated rings. The molecule has 2 aromatic rings. The highest BCUT2D eigenvalue weighted by atomic mass is 15.6. The van der Waals surface area contributed by atoms with Crippen molar-refractivity contribution in [3.05, 3.63) is 23.8 Å². The van der Waals surface area contributed by atoms with Gasteiger partial charge in [-0.05, 0) is 53.7 Å². The molecule has 0 bridgehead atoms. The summed E-state index contributed by atoms with van der Waals surface area (Å²) in [5, 5.41) is 12.3. The van der Waals surface area contributed by atoms with Gasteiger partial charge < -0.3 is 5.73 Å². The van der Waals surface area contributed by atoms with Crippen molar-refractivity contribution in [1.82, 2.24) is 20.2 Å². The van der Waals surface area contributed by atoms with Crippen molar-refractivity contribution in [2.45, 2.75) is 39.7 Å². The van der Waals surface area contributed by atoms with Crippen LogP contribution in [0, 0.1) is 18.8 Å². The fourth-order valence-electron chi connectivity index (χ4n) is 3.15. The predicted molar refractivity (Wildman–Crippen MR) is 79.0 cm³/mol. The van der Waals surface area contributed by atoms with E-state index in [-0.39, 0.29) is 0 Å². The van der Waals surface area contributed by atoms with E-state index in [1.165, 1.54) is 6.42 Å². The Morgan fingerprint density at radius 2 is 2.05 bits per heavy atom. The fraction of sp³-hybridized carbons (Fsp3) is 0.533. The van der Waals surface area contributed by atoms with E-state index in [0.717, 1.165) is 29.1 Å². The Kier molecular flexibility index (Phi) is 3.20. The van der Waals surface area contributed by atoms with Crippen LogP contribution in [-0.2, 0) is 0 Å². The van der Waals surface area contributed by atoms with Gasteiger partial charge in [0.1, 0.15) is 0 Å². The molecule has 1 aliphatic rings. The van der Waals surface area contributed by atoms with E-state index in [2.05, 4.69) is 29.4 Å². The molecule has 1 saturated carbocycles. The molecule has 0 radical (unpaired) electrons. The molecule has 106 valence electrons. The van der Waals surface area contributed by atoms with Gasteiger partial charge in [0.15, 0.2) is 5.82 Å². The van der Waals surface area contributed by atoms with Crippen LogP contribution in [0.1, 0.15) is 38.3 Å². The van der Waals surface area contributed by atoms with Gasteiger partial charge in [-0.2, -0.15) is 0 Å². The molecule has 0 aliphatic heterocycles. The van der Waals surface area contributed by atoms with Gasteiger partial charge in [-0.15, -0.1) is 5.10 Å². The lowest BCUT2D eigenvalue weighted by molar-refractivity contribution is 0.328. The van der Waals surface area contributed by atoms with Gasteiger partial charge in [-0.1, -0.05) is 26.0 Å². The summed E-state index contributed by atoms with van der Waals surface area (Å²) in [4.78, 5) is 0. The molecular formula is C15H21N5. The van der Waals surface area contributed by atoms with E-state index in [4.69, 9.17) is 5.73 Å². The summed E-state index contributed by atoms with van der Waals surface area (Å²) in [6, 6.07) is 6.37. The summed E-state index contributed by atoms with van der Waals surface area (Å²) in [5.41, 5.74) is 8.95. The van der Waals surface area contributed by atoms with Crippen LogP contribution in [0.15, 0.2) is 18.2 Å². The summed E-state index contributed by atoms with van der Waals surface area (Å²) in [7, 11) is 0. The second-order valence-corrected chi connectivity index (χ2v) is 5.96. The van der Waals surface area contributed by atoms with Gasteiger partial charge in [0.25, 0.3) is 0 Å². The van der Waals surface area contributed by atoms with E-state index >= 15 is 0 Å². The number of para-hydroxylation sites is 1. The first kappa shape index (κ1) is 13.1. The Morgan fingerprint density at radius 3 is 2.75 bits per heavy atom. The van der Waals surface area contributed by atoms with E-state index in [0.29, 0.717) is 17.9 Å². The van der Waals surface area contributed by atoms with Crippen LogP contribution in [0.2, 0.25) is 0 Å². The van der Waals surface area contributed by atoms with Crippen molar-refractivity contribution < 1.29 is 0 Å². The maximum Gasteiger partial charge on any atom is 0.184 e. The third-order valence-corrected chi connectivity index (χ3v) is 4.79. The lowest BCUT2D eigenvalue weighted by Gasteiger charge is -2.19. The molecule has 1 heterocycles. The highest BCUT2D eigenvalue weighted by molar-refractivity contribution is 5.74. The van der Waals surface area contributed by atoms with Crippen molar-refractivity contribution in [2.75, 3.05) is 5.73 Å². The third-order valence-electron chi connectivity index (χ3n) is 4.79. The van der Waals surface area contributed by atoms with Gasteiger partial charge in [0.05, 0.1) is 6.04 Å². The zero-order chi connectivity index (χ0) is 14.3. The van der Waals surface area contributed by atoms with Crippen LogP contribution in [0.5, 0.6) is 0 Å². The molecule has 3 atom stereocenters.